The summed E-state index contributed by atoms with van der Waals surface area (Å²) in [5.74, 6) is -1.44. The van der Waals surface area contributed by atoms with E-state index >= 15 is 0 Å². The SMILES string of the molecule is Cc1ccnc2cc(C(=O)NC(C)C(=O)O)sc12. The number of carboxylic acids is 1. The first-order valence-electron chi connectivity index (χ1n) is 5.38. The van der Waals surface area contributed by atoms with Gasteiger partial charge in [-0.3, -0.25) is 14.6 Å². The van der Waals surface area contributed by atoms with Gasteiger partial charge in [0.25, 0.3) is 5.91 Å². The third kappa shape index (κ3) is 2.33. The van der Waals surface area contributed by atoms with Gasteiger partial charge in [0, 0.05) is 6.20 Å². The molecule has 94 valence electrons. The van der Waals surface area contributed by atoms with Crippen molar-refractivity contribution in [3.8, 4) is 0 Å². The third-order valence-electron chi connectivity index (χ3n) is 2.55. The minimum Gasteiger partial charge on any atom is -0.480 e. The number of nitrogens with zero attached hydrogens (tertiary/aromatic N) is 1. The molecule has 2 N–H and O–H groups in total. The van der Waals surface area contributed by atoms with Crippen molar-refractivity contribution in [1.82, 2.24) is 10.3 Å². The Morgan fingerprint density at radius 1 is 1.50 bits per heavy atom. The second-order valence-corrected chi connectivity index (χ2v) is 5.04. The third-order valence-corrected chi connectivity index (χ3v) is 3.81. The minimum atomic E-state index is -1.06. The average Bonchev–Trinajstić information content (AvgIpc) is 2.74. The van der Waals surface area contributed by atoms with Gasteiger partial charge in [0.2, 0.25) is 0 Å². The van der Waals surface area contributed by atoms with Crippen molar-refractivity contribution < 1.29 is 14.7 Å². The van der Waals surface area contributed by atoms with E-state index in [-0.39, 0.29) is 5.91 Å². The first-order valence-corrected chi connectivity index (χ1v) is 6.19. The van der Waals surface area contributed by atoms with Crippen LogP contribution in [0.3, 0.4) is 0 Å². The van der Waals surface area contributed by atoms with Crippen LogP contribution in [0, 0.1) is 6.92 Å². The highest BCUT2D eigenvalue weighted by Gasteiger charge is 2.17. The van der Waals surface area contributed by atoms with Crippen molar-refractivity contribution >= 4 is 33.4 Å². The summed E-state index contributed by atoms with van der Waals surface area (Å²) >= 11 is 1.32. The molecule has 0 aliphatic heterocycles. The Bertz CT molecular complexity index is 621. The Kier molecular flexibility index (Phi) is 3.29. The number of pyridine rings is 1. The number of carbonyl (C=O) groups is 2. The number of aromatic nitrogens is 1. The van der Waals surface area contributed by atoms with E-state index in [1.165, 1.54) is 18.3 Å². The van der Waals surface area contributed by atoms with Crippen LogP contribution in [0.5, 0.6) is 0 Å². The van der Waals surface area contributed by atoms with Crippen LogP contribution in [-0.2, 0) is 4.79 Å². The maximum atomic E-state index is 11.8. The molecule has 1 amide bonds. The fraction of sp³-hybridized carbons (Fsp3) is 0.250. The van der Waals surface area contributed by atoms with Gasteiger partial charge in [-0.2, -0.15) is 0 Å². The van der Waals surface area contributed by atoms with Crippen LogP contribution < -0.4 is 5.32 Å². The zero-order valence-corrected chi connectivity index (χ0v) is 10.7. The lowest BCUT2D eigenvalue weighted by atomic mass is 10.2. The van der Waals surface area contributed by atoms with Crippen molar-refractivity contribution in [2.45, 2.75) is 19.9 Å². The standard InChI is InChI=1S/C12H12N2O3S/c1-6-3-4-13-8-5-9(18-10(6)8)11(15)14-7(2)12(16)17/h3-5,7H,1-2H3,(H,14,15)(H,16,17). The van der Waals surface area contributed by atoms with Crippen molar-refractivity contribution in [2.75, 3.05) is 0 Å². The van der Waals surface area contributed by atoms with Crippen molar-refractivity contribution in [2.24, 2.45) is 0 Å². The number of nitrogens with one attached hydrogen (secondary N) is 1. The number of aryl methyl sites for hydroxylation is 1. The van der Waals surface area contributed by atoms with Crippen LogP contribution in [0.1, 0.15) is 22.2 Å². The highest BCUT2D eigenvalue weighted by molar-refractivity contribution is 7.21. The monoisotopic (exact) mass is 264 g/mol. The van der Waals surface area contributed by atoms with Gasteiger partial charge in [0.05, 0.1) is 15.1 Å². The summed E-state index contributed by atoms with van der Waals surface area (Å²) in [6.45, 7) is 3.37. The van der Waals surface area contributed by atoms with Gasteiger partial charge in [-0.05, 0) is 31.5 Å². The predicted octanol–water partition coefficient (Wildman–Crippen LogP) is 1.81. The lowest BCUT2D eigenvalue weighted by molar-refractivity contribution is -0.138. The quantitative estimate of drug-likeness (QED) is 0.886. The largest absolute Gasteiger partial charge is 0.480 e. The molecule has 1 atom stereocenters. The molecule has 0 saturated carbocycles. The number of fused-ring (bicyclic) bond motifs is 1. The van der Waals surface area contributed by atoms with Crippen molar-refractivity contribution in [3.63, 3.8) is 0 Å². The Morgan fingerprint density at radius 2 is 2.22 bits per heavy atom. The molecule has 0 spiro atoms. The van der Waals surface area contributed by atoms with Crippen molar-refractivity contribution in [1.29, 1.82) is 0 Å². The zero-order chi connectivity index (χ0) is 13.3. The van der Waals surface area contributed by atoms with Gasteiger partial charge in [-0.25, -0.2) is 0 Å². The van der Waals surface area contributed by atoms with Gasteiger partial charge in [-0.15, -0.1) is 11.3 Å². The molecule has 0 aliphatic rings. The van der Waals surface area contributed by atoms with Crippen LogP contribution >= 0.6 is 11.3 Å². The number of carboxylic acid groups (broad SMARTS) is 1. The second-order valence-electron chi connectivity index (χ2n) is 3.99. The van der Waals surface area contributed by atoms with Crippen LogP contribution in [-0.4, -0.2) is 28.0 Å². The molecule has 2 rings (SSSR count). The molecule has 2 aromatic rings. The van der Waals surface area contributed by atoms with Gasteiger partial charge in [-0.1, -0.05) is 0 Å². The summed E-state index contributed by atoms with van der Waals surface area (Å²) in [5.41, 5.74) is 1.81. The first-order chi connectivity index (χ1) is 8.49. The maximum Gasteiger partial charge on any atom is 0.325 e. The summed E-state index contributed by atoms with van der Waals surface area (Å²) in [4.78, 5) is 27.2. The number of hydrogen-bond acceptors (Lipinski definition) is 4. The van der Waals surface area contributed by atoms with E-state index in [0.717, 1.165) is 15.8 Å². The zero-order valence-electron chi connectivity index (χ0n) is 9.93. The van der Waals surface area contributed by atoms with Crippen LogP contribution in [0.2, 0.25) is 0 Å². The summed E-state index contributed by atoms with van der Waals surface area (Å²) < 4.78 is 0.950. The topological polar surface area (TPSA) is 79.3 Å². The number of thiophene rings is 1. The predicted molar refractivity (Wildman–Crippen MR) is 68.9 cm³/mol. The lowest BCUT2D eigenvalue weighted by Crippen LogP contribution is -2.37. The van der Waals surface area contributed by atoms with E-state index in [0.29, 0.717) is 4.88 Å². The average molecular weight is 264 g/mol. The molecule has 2 heterocycles. The van der Waals surface area contributed by atoms with E-state index in [1.54, 1.807) is 12.3 Å². The van der Waals surface area contributed by atoms with E-state index in [9.17, 15) is 9.59 Å². The first kappa shape index (κ1) is 12.5. The molecule has 0 saturated heterocycles. The van der Waals surface area contributed by atoms with E-state index in [2.05, 4.69) is 10.3 Å². The summed E-state index contributed by atoms with van der Waals surface area (Å²) in [6.07, 6.45) is 1.69. The molecule has 0 aliphatic carbocycles. The Hall–Kier alpha value is -1.95. The number of aliphatic carboxylic acids is 1. The minimum absolute atomic E-state index is 0.382. The molecular weight excluding hydrogens is 252 g/mol. The molecule has 1 unspecified atom stereocenters. The fourth-order valence-corrected chi connectivity index (χ4v) is 2.49. The molecule has 0 fully saturated rings. The normalized spacial score (nSPS) is 12.3. The molecule has 2 aromatic heterocycles. The van der Waals surface area contributed by atoms with Gasteiger partial charge in [0.1, 0.15) is 6.04 Å². The molecule has 5 nitrogen and oxygen atoms in total. The number of amides is 1. The molecule has 6 heteroatoms. The Morgan fingerprint density at radius 3 is 2.83 bits per heavy atom. The smallest absolute Gasteiger partial charge is 0.325 e. The van der Waals surface area contributed by atoms with Gasteiger partial charge < -0.3 is 10.4 Å². The maximum absolute atomic E-state index is 11.8. The number of carbonyl (C=O) groups excluding carboxylic acids is 1. The van der Waals surface area contributed by atoms with E-state index in [4.69, 9.17) is 5.11 Å². The van der Waals surface area contributed by atoms with Crippen molar-refractivity contribution in [3.05, 3.63) is 28.8 Å². The van der Waals surface area contributed by atoms with Gasteiger partial charge in [0.15, 0.2) is 0 Å². The fourth-order valence-electron chi connectivity index (χ4n) is 1.51. The highest BCUT2D eigenvalue weighted by Crippen LogP contribution is 2.26. The number of rotatable bonds is 3. The Labute approximate surface area is 107 Å². The summed E-state index contributed by atoms with van der Waals surface area (Å²) in [6, 6.07) is 2.65. The molecular formula is C12H12N2O3S. The van der Waals surface area contributed by atoms with Crippen LogP contribution in [0.25, 0.3) is 10.2 Å². The number of hydrogen-bond donors (Lipinski definition) is 2. The Balaban J connectivity index is 2.29. The van der Waals surface area contributed by atoms with E-state index in [1.807, 2.05) is 13.0 Å². The van der Waals surface area contributed by atoms with Crippen LogP contribution in [0.4, 0.5) is 0 Å². The lowest BCUT2D eigenvalue weighted by Gasteiger charge is -2.07. The highest BCUT2D eigenvalue weighted by atomic mass is 32.1. The molecule has 18 heavy (non-hydrogen) atoms. The molecule has 0 bridgehead atoms. The van der Waals surface area contributed by atoms with E-state index < -0.39 is 12.0 Å². The molecule has 0 radical (unpaired) electrons. The van der Waals surface area contributed by atoms with Crippen LogP contribution in [0.15, 0.2) is 18.3 Å². The second kappa shape index (κ2) is 4.73. The summed E-state index contributed by atoms with van der Waals surface area (Å²) in [7, 11) is 0. The van der Waals surface area contributed by atoms with Gasteiger partial charge >= 0.3 is 5.97 Å². The summed E-state index contributed by atoms with van der Waals surface area (Å²) in [5, 5.41) is 11.2. The molecule has 0 aromatic carbocycles.